The molecule has 3 unspecified atom stereocenters. The molecule has 2 nitrogen and oxygen atoms in total. The van der Waals surface area contributed by atoms with Crippen molar-refractivity contribution in [3.05, 3.63) is 12.7 Å². The zero-order chi connectivity index (χ0) is 10.4. The highest BCUT2D eigenvalue weighted by atomic mass is 15.2. The Balaban J connectivity index is 2.32. The molecule has 1 aliphatic carbocycles. The molecule has 0 aromatic carbocycles. The van der Waals surface area contributed by atoms with Gasteiger partial charge in [0.25, 0.3) is 0 Å². The quantitative estimate of drug-likeness (QED) is 0.296. The molecule has 1 aliphatic rings. The maximum Gasteiger partial charge on any atom is 0.0241 e. The maximum absolute atomic E-state index is 5.62. The molecule has 0 bridgehead atoms. The summed E-state index contributed by atoms with van der Waals surface area (Å²) in [5.74, 6) is 7.26. The molecule has 1 saturated carbocycles. The summed E-state index contributed by atoms with van der Waals surface area (Å²) in [4.78, 5) is 0. The first kappa shape index (κ1) is 11.7. The van der Waals surface area contributed by atoms with Crippen molar-refractivity contribution in [2.45, 2.75) is 51.5 Å². The predicted octanol–water partition coefficient (Wildman–Crippen LogP) is 2.61. The highest BCUT2D eigenvalue weighted by Gasteiger charge is 2.29. The molecule has 0 aromatic heterocycles. The van der Waals surface area contributed by atoms with Crippen LogP contribution < -0.4 is 11.3 Å². The molecule has 0 spiro atoms. The van der Waals surface area contributed by atoms with E-state index in [2.05, 4.69) is 18.9 Å². The van der Waals surface area contributed by atoms with Crippen LogP contribution in [0.25, 0.3) is 0 Å². The third-order valence-electron chi connectivity index (χ3n) is 3.58. The minimum absolute atomic E-state index is 0.521. The molecular formula is C12H24N2. The van der Waals surface area contributed by atoms with Gasteiger partial charge in [0.15, 0.2) is 0 Å². The Kier molecular flexibility index (Phi) is 5.20. The second kappa shape index (κ2) is 6.20. The second-order valence-corrected chi connectivity index (χ2v) is 4.56. The maximum atomic E-state index is 5.62. The summed E-state index contributed by atoms with van der Waals surface area (Å²) >= 11 is 0. The van der Waals surface area contributed by atoms with Gasteiger partial charge in [0.05, 0.1) is 0 Å². The standard InChI is InChI=1S/C12H24N2/c1-3-4-5-9-12(14-13)11-8-6-7-10(11)2/h3,10-12,14H,1,4-9,13H2,2H3. The van der Waals surface area contributed by atoms with Crippen LogP contribution in [0, 0.1) is 11.8 Å². The molecule has 0 aromatic rings. The van der Waals surface area contributed by atoms with Gasteiger partial charge in [-0.3, -0.25) is 11.3 Å². The van der Waals surface area contributed by atoms with E-state index in [1.54, 1.807) is 0 Å². The van der Waals surface area contributed by atoms with E-state index in [9.17, 15) is 0 Å². The van der Waals surface area contributed by atoms with Crippen LogP contribution in [0.1, 0.15) is 45.4 Å². The van der Waals surface area contributed by atoms with Crippen LogP contribution in [-0.2, 0) is 0 Å². The molecule has 2 heteroatoms. The van der Waals surface area contributed by atoms with E-state index in [0.717, 1.165) is 18.3 Å². The van der Waals surface area contributed by atoms with Gasteiger partial charge in [-0.2, -0.15) is 0 Å². The van der Waals surface area contributed by atoms with Gasteiger partial charge >= 0.3 is 0 Å². The van der Waals surface area contributed by atoms with Crippen molar-refractivity contribution in [1.82, 2.24) is 5.43 Å². The molecular weight excluding hydrogens is 172 g/mol. The number of rotatable bonds is 6. The fraction of sp³-hybridized carbons (Fsp3) is 0.833. The summed E-state index contributed by atoms with van der Waals surface area (Å²) in [6.45, 7) is 6.10. The smallest absolute Gasteiger partial charge is 0.0241 e. The summed E-state index contributed by atoms with van der Waals surface area (Å²) < 4.78 is 0. The van der Waals surface area contributed by atoms with E-state index >= 15 is 0 Å². The molecule has 0 amide bonds. The second-order valence-electron chi connectivity index (χ2n) is 4.56. The van der Waals surface area contributed by atoms with E-state index in [1.807, 2.05) is 6.08 Å². The number of unbranched alkanes of at least 4 members (excludes halogenated alkanes) is 1. The lowest BCUT2D eigenvalue weighted by molar-refractivity contribution is 0.282. The molecule has 3 N–H and O–H groups in total. The normalized spacial score (nSPS) is 29.0. The molecule has 1 rings (SSSR count). The highest BCUT2D eigenvalue weighted by Crippen LogP contribution is 2.34. The van der Waals surface area contributed by atoms with Crippen LogP contribution in [0.3, 0.4) is 0 Å². The minimum Gasteiger partial charge on any atom is -0.271 e. The van der Waals surface area contributed by atoms with E-state index < -0.39 is 0 Å². The molecule has 0 radical (unpaired) electrons. The van der Waals surface area contributed by atoms with Crippen molar-refractivity contribution in [2.75, 3.05) is 0 Å². The van der Waals surface area contributed by atoms with Crippen molar-refractivity contribution >= 4 is 0 Å². The Morgan fingerprint density at radius 2 is 2.36 bits per heavy atom. The number of hydrogen-bond donors (Lipinski definition) is 2. The first-order chi connectivity index (χ1) is 6.79. The summed E-state index contributed by atoms with van der Waals surface area (Å²) in [5, 5.41) is 0. The van der Waals surface area contributed by atoms with E-state index in [-0.39, 0.29) is 0 Å². The van der Waals surface area contributed by atoms with E-state index in [4.69, 9.17) is 5.84 Å². The van der Waals surface area contributed by atoms with Crippen LogP contribution in [0.5, 0.6) is 0 Å². The van der Waals surface area contributed by atoms with Crippen LogP contribution in [-0.4, -0.2) is 6.04 Å². The lowest BCUT2D eigenvalue weighted by Crippen LogP contribution is -2.41. The van der Waals surface area contributed by atoms with Crippen LogP contribution >= 0.6 is 0 Å². The summed E-state index contributed by atoms with van der Waals surface area (Å²) in [6, 6.07) is 0.521. The van der Waals surface area contributed by atoms with Crippen molar-refractivity contribution in [2.24, 2.45) is 17.7 Å². The Labute approximate surface area is 87.9 Å². The lowest BCUT2D eigenvalue weighted by Gasteiger charge is -2.26. The zero-order valence-electron chi connectivity index (χ0n) is 9.34. The van der Waals surface area contributed by atoms with Crippen LogP contribution in [0.4, 0.5) is 0 Å². The molecule has 0 heterocycles. The first-order valence-electron chi connectivity index (χ1n) is 5.86. The third kappa shape index (κ3) is 3.10. The zero-order valence-corrected chi connectivity index (χ0v) is 9.34. The van der Waals surface area contributed by atoms with Crippen molar-refractivity contribution in [1.29, 1.82) is 0 Å². The largest absolute Gasteiger partial charge is 0.271 e. The fourth-order valence-electron chi connectivity index (χ4n) is 2.67. The fourth-order valence-corrected chi connectivity index (χ4v) is 2.67. The van der Waals surface area contributed by atoms with Crippen molar-refractivity contribution in [3.63, 3.8) is 0 Å². The summed E-state index contributed by atoms with van der Waals surface area (Å²) in [7, 11) is 0. The molecule has 3 atom stereocenters. The van der Waals surface area contributed by atoms with E-state index in [1.165, 1.54) is 32.1 Å². The topological polar surface area (TPSA) is 38.0 Å². The van der Waals surface area contributed by atoms with Gasteiger partial charge in [-0.25, -0.2) is 0 Å². The Hall–Kier alpha value is -0.340. The third-order valence-corrected chi connectivity index (χ3v) is 3.58. The van der Waals surface area contributed by atoms with Gasteiger partial charge in [-0.1, -0.05) is 25.8 Å². The monoisotopic (exact) mass is 196 g/mol. The average molecular weight is 196 g/mol. The Morgan fingerprint density at radius 3 is 2.86 bits per heavy atom. The number of hydrogen-bond acceptors (Lipinski definition) is 2. The average Bonchev–Trinajstić information content (AvgIpc) is 2.60. The summed E-state index contributed by atoms with van der Waals surface area (Å²) in [6.07, 6.45) is 9.62. The Bertz CT molecular complexity index is 168. The lowest BCUT2D eigenvalue weighted by atomic mass is 9.87. The number of allylic oxidation sites excluding steroid dienone is 1. The molecule has 0 saturated heterocycles. The first-order valence-corrected chi connectivity index (χ1v) is 5.86. The van der Waals surface area contributed by atoms with Crippen molar-refractivity contribution in [3.8, 4) is 0 Å². The number of hydrazine groups is 1. The SMILES string of the molecule is C=CCCCC(NN)C1CCCC1C. The predicted molar refractivity (Wildman–Crippen MR) is 61.7 cm³/mol. The number of nitrogens with two attached hydrogens (primary N) is 1. The molecule has 1 fully saturated rings. The Morgan fingerprint density at radius 1 is 1.57 bits per heavy atom. The van der Waals surface area contributed by atoms with Gasteiger partial charge in [-0.05, 0) is 37.5 Å². The molecule has 14 heavy (non-hydrogen) atoms. The van der Waals surface area contributed by atoms with Crippen LogP contribution in [0.2, 0.25) is 0 Å². The van der Waals surface area contributed by atoms with E-state index in [0.29, 0.717) is 6.04 Å². The molecule has 0 aliphatic heterocycles. The van der Waals surface area contributed by atoms with Gasteiger partial charge in [0, 0.05) is 6.04 Å². The highest BCUT2D eigenvalue weighted by molar-refractivity contribution is 4.84. The number of nitrogens with one attached hydrogen (secondary N) is 1. The summed E-state index contributed by atoms with van der Waals surface area (Å²) in [5.41, 5.74) is 3.00. The van der Waals surface area contributed by atoms with Gasteiger partial charge in [0.1, 0.15) is 0 Å². The molecule has 82 valence electrons. The van der Waals surface area contributed by atoms with Gasteiger partial charge in [0.2, 0.25) is 0 Å². The van der Waals surface area contributed by atoms with Gasteiger partial charge < -0.3 is 0 Å². The van der Waals surface area contributed by atoms with Crippen molar-refractivity contribution < 1.29 is 0 Å². The minimum atomic E-state index is 0.521. The van der Waals surface area contributed by atoms with Gasteiger partial charge in [-0.15, -0.1) is 6.58 Å². The van der Waals surface area contributed by atoms with Crippen LogP contribution in [0.15, 0.2) is 12.7 Å².